The number of carbonyl (C=O) groups excluding carboxylic acids is 1. The lowest BCUT2D eigenvalue weighted by Crippen LogP contribution is -2.50. The van der Waals surface area contributed by atoms with Gasteiger partial charge in [0.05, 0.1) is 12.2 Å². The Hall–Kier alpha value is -2.96. The molecule has 1 saturated heterocycles. The third-order valence-electron chi connectivity index (χ3n) is 6.33. The molecule has 6 nitrogen and oxygen atoms in total. The molecule has 0 spiro atoms. The van der Waals surface area contributed by atoms with E-state index in [1.165, 1.54) is 11.1 Å². The highest BCUT2D eigenvalue weighted by atomic mass is 16.2. The molecule has 2 aliphatic rings. The number of hydrogen-bond donors (Lipinski definition) is 2. The highest BCUT2D eigenvalue weighted by molar-refractivity contribution is 5.94. The topological polar surface area (TPSA) is 62.2 Å². The summed E-state index contributed by atoms with van der Waals surface area (Å²) >= 11 is 0. The van der Waals surface area contributed by atoms with Gasteiger partial charge in [-0.3, -0.25) is 15.0 Å². The summed E-state index contributed by atoms with van der Waals surface area (Å²) in [5, 5.41) is 11.6. The minimum atomic E-state index is -0.0541. The summed E-state index contributed by atoms with van der Waals surface area (Å²) in [4.78, 5) is 15.0. The van der Waals surface area contributed by atoms with Crippen molar-refractivity contribution in [2.75, 3.05) is 19.6 Å². The number of rotatable bonds is 5. The van der Waals surface area contributed by atoms with E-state index < -0.39 is 0 Å². The average Bonchev–Trinajstić information content (AvgIpc) is 3.25. The van der Waals surface area contributed by atoms with Crippen LogP contribution in [0.15, 0.2) is 60.7 Å². The van der Waals surface area contributed by atoms with E-state index in [9.17, 15) is 4.79 Å². The van der Waals surface area contributed by atoms with Crippen molar-refractivity contribution in [1.29, 1.82) is 0 Å². The lowest BCUT2D eigenvalue weighted by Gasteiger charge is -2.36. The van der Waals surface area contributed by atoms with Crippen LogP contribution in [-0.2, 0) is 6.54 Å². The van der Waals surface area contributed by atoms with E-state index in [0.717, 1.165) is 43.7 Å². The first-order valence-corrected chi connectivity index (χ1v) is 11.1. The van der Waals surface area contributed by atoms with Gasteiger partial charge in [0.2, 0.25) is 0 Å². The normalized spacial score (nSPS) is 19.8. The van der Waals surface area contributed by atoms with Crippen LogP contribution in [-0.4, -0.2) is 46.3 Å². The summed E-state index contributed by atoms with van der Waals surface area (Å²) in [7, 11) is 0. The molecule has 0 aliphatic carbocycles. The summed E-state index contributed by atoms with van der Waals surface area (Å²) in [5.74, 6) is -0.0541. The van der Waals surface area contributed by atoms with Gasteiger partial charge in [-0.1, -0.05) is 60.2 Å². The van der Waals surface area contributed by atoms with Gasteiger partial charge >= 0.3 is 0 Å². The van der Waals surface area contributed by atoms with E-state index in [2.05, 4.69) is 77.1 Å². The maximum Gasteiger partial charge on any atom is 0.269 e. The first-order valence-electron chi connectivity index (χ1n) is 11.1. The third kappa shape index (κ3) is 4.40. The molecule has 1 fully saturated rings. The first-order chi connectivity index (χ1) is 15.2. The Morgan fingerprint density at radius 3 is 2.55 bits per heavy atom. The summed E-state index contributed by atoms with van der Waals surface area (Å²) < 4.78 is 1.88. The Morgan fingerprint density at radius 1 is 1.06 bits per heavy atom. The zero-order chi connectivity index (χ0) is 21.2. The molecule has 1 aromatic heterocycles. The van der Waals surface area contributed by atoms with Gasteiger partial charge in [-0.05, 0) is 44.5 Å². The van der Waals surface area contributed by atoms with E-state index >= 15 is 0 Å². The molecule has 31 heavy (non-hydrogen) atoms. The maximum atomic E-state index is 12.4. The molecular weight excluding hydrogens is 386 g/mol. The van der Waals surface area contributed by atoms with Crippen molar-refractivity contribution in [1.82, 2.24) is 25.3 Å². The van der Waals surface area contributed by atoms with Gasteiger partial charge in [0.15, 0.2) is 0 Å². The minimum absolute atomic E-state index is 0.0161. The standard InChI is InChI=1S/C25H29N5O/c1-18-7-9-20(10-8-18)22-15-23-25(31)26-16-24(30(23)28-22)27-21-11-13-29(14-12-21)17-19-5-3-2-4-6-19/h2-10,15,21,24,27H,11-14,16-17H2,1H3,(H,26,31)/t24-/m1/s1. The van der Waals surface area contributed by atoms with Crippen LogP contribution in [0.4, 0.5) is 0 Å². The predicted octanol–water partition coefficient (Wildman–Crippen LogP) is 3.35. The van der Waals surface area contributed by atoms with Crippen LogP contribution in [0.1, 0.15) is 40.6 Å². The van der Waals surface area contributed by atoms with Crippen molar-refractivity contribution < 1.29 is 4.79 Å². The molecule has 0 bridgehead atoms. The second-order valence-electron chi connectivity index (χ2n) is 8.65. The van der Waals surface area contributed by atoms with Gasteiger partial charge in [-0.25, -0.2) is 4.68 Å². The molecule has 1 amide bonds. The van der Waals surface area contributed by atoms with Crippen molar-refractivity contribution in [3.05, 3.63) is 77.5 Å². The second kappa shape index (κ2) is 8.65. The van der Waals surface area contributed by atoms with Crippen molar-refractivity contribution in [3.8, 4) is 11.3 Å². The molecule has 3 heterocycles. The Balaban J connectivity index is 1.25. The van der Waals surface area contributed by atoms with E-state index in [0.29, 0.717) is 18.3 Å². The highest BCUT2D eigenvalue weighted by Crippen LogP contribution is 2.24. The second-order valence-corrected chi connectivity index (χ2v) is 8.65. The van der Waals surface area contributed by atoms with Gasteiger partial charge in [0, 0.05) is 18.2 Å². The smallest absolute Gasteiger partial charge is 0.269 e. The number of nitrogens with zero attached hydrogens (tertiary/aromatic N) is 3. The van der Waals surface area contributed by atoms with Crippen molar-refractivity contribution in [2.24, 2.45) is 0 Å². The number of nitrogens with one attached hydrogen (secondary N) is 2. The number of aryl methyl sites for hydroxylation is 1. The molecule has 0 radical (unpaired) electrons. The Kier molecular flexibility index (Phi) is 5.57. The number of hydrogen-bond acceptors (Lipinski definition) is 4. The molecule has 5 rings (SSSR count). The molecule has 6 heteroatoms. The van der Waals surface area contributed by atoms with Crippen LogP contribution in [0.2, 0.25) is 0 Å². The van der Waals surface area contributed by atoms with E-state index in [1.54, 1.807) is 0 Å². The summed E-state index contributed by atoms with van der Waals surface area (Å²) in [6, 6.07) is 21.3. The van der Waals surface area contributed by atoms with Crippen LogP contribution in [0, 0.1) is 6.92 Å². The van der Waals surface area contributed by atoms with Gasteiger partial charge < -0.3 is 5.32 Å². The van der Waals surface area contributed by atoms with Gasteiger partial charge in [-0.15, -0.1) is 0 Å². The van der Waals surface area contributed by atoms with Crippen LogP contribution in [0.25, 0.3) is 11.3 Å². The summed E-state index contributed by atoms with van der Waals surface area (Å²) in [6.45, 7) is 5.79. The molecule has 160 valence electrons. The highest BCUT2D eigenvalue weighted by Gasteiger charge is 2.30. The number of fused-ring (bicyclic) bond motifs is 1. The fraction of sp³-hybridized carbons (Fsp3) is 0.360. The van der Waals surface area contributed by atoms with Crippen LogP contribution in [0.5, 0.6) is 0 Å². The zero-order valence-electron chi connectivity index (χ0n) is 17.9. The molecule has 3 aromatic rings. The van der Waals surface area contributed by atoms with Crippen LogP contribution >= 0.6 is 0 Å². The Bertz CT molecular complexity index is 1040. The van der Waals surface area contributed by atoms with Gasteiger partial charge in [-0.2, -0.15) is 5.10 Å². The van der Waals surface area contributed by atoms with Crippen molar-refractivity contribution >= 4 is 5.91 Å². The van der Waals surface area contributed by atoms with Crippen LogP contribution in [0.3, 0.4) is 0 Å². The number of aromatic nitrogens is 2. The molecule has 1 atom stereocenters. The SMILES string of the molecule is Cc1ccc(-c2cc3n(n2)[C@@H](NC2CCN(Cc4ccccc4)CC2)CNC3=O)cc1. The average molecular weight is 416 g/mol. The lowest BCUT2D eigenvalue weighted by molar-refractivity contribution is 0.0887. The first kappa shape index (κ1) is 20.0. The largest absolute Gasteiger partial charge is 0.347 e. The Labute approximate surface area is 183 Å². The summed E-state index contributed by atoms with van der Waals surface area (Å²) in [6.07, 6.45) is 2.18. The maximum absolute atomic E-state index is 12.4. The fourth-order valence-corrected chi connectivity index (χ4v) is 4.53. The molecule has 0 unspecified atom stereocenters. The number of amides is 1. The Morgan fingerprint density at radius 2 is 1.81 bits per heavy atom. The minimum Gasteiger partial charge on any atom is -0.347 e. The van der Waals surface area contributed by atoms with E-state index in [-0.39, 0.29) is 12.1 Å². The molecule has 2 aliphatic heterocycles. The monoisotopic (exact) mass is 415 g/mol. The molecule has 0 saturated carbocycles. The van der Waals surface area contributed by atoms with Crippen molar-refractivity contribution in [3.63, 3.8) is 0 Å². The number of carbonyl (C=O) groups is 1. The quantitative estimate of drug-likeness (QED) is 0.671. The summed E-state index contributed by atoms with van der Waals surface area (Å²) in [5.41, 5.74) is 5.09. The third-order valence-corrected chi connectivity index (χ3v) is 6.33. The lowest BCUT2D eigenvalue weighted by atomic mass is 10.0. The predicted molar refractivity (Wildman–Crippen MR) is 122 cm³/mol. The molecule has 2 N–H and O–H groups in total. The van der Waals surface area contributed by atoms with Crippen molar-refractivity contribution in [2.45, 2.75) is 38.5 Å². The van der Waals surface area contributed by atoms with Gasteiger partial charge in [0.25, 0.3) is 5.91 Å². The number of likely N-dealkylation sites (tertiary alicyclic amines) is 1. The van der Waals surface area contributed by atoms with Gasteiger partial charge in [0.1, 0.15) is 11.9 Å². The number of benzene rings is 2. The zero-order valence-corrected chi connectivity index (χ0v) is 17.9. The molecular formula is C25H29N5O. The van der Waals surface area contributed by atoms with E-state index in [1.807, 2.05) is 10.7 Å². The number of piperidine rings is 1. The van der Waals surface area contributed by atoms with Crippen LogP contribution < -0.4 is 10.6 Å². The molecule has 2 aromatic carbocycles. The fourth-order valence-electron chi connectivity index (χ4n) is 4.53. The van der Waals surface area contributed by atoms with E-state index in [4.69, 9.17) is 5.10 Å².